The monoisotopic (exact) mass is 444 g/mol. The van der Waals surface area contributed by atoms with Crippen molar-refractivity contribution in [1.82, 2.24) is 0 Å². The van der Waals surface area contributed by atoms with Crippen LogP contribution in [-0.2, 0) is 23.1 Å². The quantitative estimate of drug-likeness (QED) is 0.273. The zero-order chi connectivity index (χ0) is 22.8. The highest BCUT2D eigenvalue weighted by Gasteiger charge is 2.46. The number of hydrogen-bond acceptors (Lipinski definition) is 5. The van der Waals surface area contributed by atoms with Crippen LogP contribution < -0.4 is 0 Å². The van der Waals surface area contributed by atoms with Crippen LogP contribution in [0.5, 0.6) is 0 Å². The zero-order valence-corrected chi connectivity index (χ0v) is 22.6. The van der Waals surface area contributed by atoms with Gasteiger partial charge in [-0.05, 0) is 41.8 Å². The Bertz CT molecular complexity index is 587. The fraction of sp³-hybridized carbons (Fsp3) is 0.864. The van der Waals surface area contributed by atoms with Gasteiger partial charge in [0.05, 0.1) is 12.7 Å². The van der Waals surface area contributed by atoms with Gasteiger partial charge in [0.2, 0.25) is 6.29 Å². The minimum Gasteiger partial charge on any atom is -0.435 e. The minimum atomic E-state index is -2.04. The zero-order valence-electron chi connectivity index (χ0n) is 20.6. The van der Waals surface area contributed by atoms with Crippen LogP contribution in [0.3, 0.4) is 0 Å². The lowest BCUT2D eigenvalue weighted by atomic mass is 10.00. The fourth-order valence-corrected chi connectivity index (χ4v) is 4.81. The van der Waals surface area contributed by atoms with Gasteiger partial charge in [0.15, 0.2) is 16.6 Å². The van der Waals surface area contributed by atoms with Gasteiger partial charge in [0, 0.05) is 12.8 Å². The van der Waals surface area contributed by atoms with Crippen LogP contribution in [-0.4, -0.2) is 47.7 Å². The molecule has 7 heteroatoms. The van der Waals surface area contributed by atoms with E-state index in [1.54, 1.807) is 6.92 Å². The van der Waals surface area contributed by atoms with Gasteiger partial charge in [-0.25, -0.2) is 0 Å². The van der Waals surface area contributed by atoms with Crippen LogP contribution in [0.15, 0.2) is 12.2 Å². The first-order valence-corrected chi connectivity index (χ1v) is 16.6. The molecule has 0 aliphatic carbocycles. The Morgan fingerprint density at radius 2 is 1.59 bits per heavy atom. The molecule has 0 unspecified atom stereocenters. The van der Waals surface area contributed by atoms with Gasteiger partial charge in [-0.3, -0.25) is 4.79 Å². The molecule has 170 valence electrons. The van der Waals surface area contributed by atoms with Gasteiger partial charge in [-0.15, -0.1) is 0 Å². The van der Waals surface area contributed by atoms with Crippen molar-refractivity contribution < 1.29 is 23.1 Å². The molecule has 0 amide bonds. The molecular formula is C22H44O5Si2. The lowest BCUT2D eigenvalue weighted by Gasteiger charge is -2.46. The molecular weight excluding hydrogens is 400 g/mol. The number of carbonyl (C=O) groups excluding carboxylic acids is 1. The third-order valence-electron chi connectivity index (χ3n) is 6.69. The summed E-state index contributed by atoms with van der Waals surface area (Å²) in [5.41, 5.74) is 0.916. The van der Waals surface area contributed by atoms with E-state index < -0.39 is 22.9 Å². The molecule has 0 radical (unpaired) electrons. The Hall–Kier alpha value is -0.476. The van der Waals surface area contributed by atoms with Crippen LogP contribution in [0.25, 0.3) is 0 Å². The fourth-order valence-electron chi connectivity index (χ4n) is 2.49. The molecule has 1 aliphatic heterocycles. The summed E-state index contributed by atoms with van der Waals surface area (Å²) in [6, 6.07) is 0. The summed E-state index contributed by atoms with van der Waals surface area (Å²) in [7, 11) is -4.00. The smallest absolute Gasteiger partial charge is 0.307 e. The molecule has 1 saturated heterocycles. The SMILES string of the molecule is C=C1C[C@H](OC(=O)CC)O[C@H](CO[Si](C)(C)C(C)(C)C)[C@H]1O[Si](C)(C)C(C)(C)C. The van der Waals surface area contributed by atoms with E-state index in [9.17, 15) is 4.79 Å². The molecule has 0 aromatic heterocycles. The highest BCUT2D eigenvalue weighted by Crippen LogP contribution is 2.41. The maximum atomic E-state index is 11.8. The predicted octanol–water partition coefficient (Wildman–Crippen LogP) is 6.02. The molecule has 0 bridgehead atoms. The Kier molecular flexibility index (Phi) is 8.56. The lowest BCUT2D eigenvalue weighted by molar-refractivity contribution is -0.212. The van der Waals surface area contributed by atoms with Gasteiger partial charge in [0.1, 0.15) is 6.10 Å². The molecule has 1 heterocycles. The van der Waals surface area contributed by atoms with E-state index in [2.05, 4.69) is 74.3 Å². The molecule has 0 aromatic carbocycles. The summed E-state index contributed by atoms with van der Waals surface area (Å²) in [5.74, 6) is -0.268. The van der Waals surface area contributed by atoms with Crippen LogP contribution in [0.1, 0.15) is 61.3 Å². The molecule has 1 aliphatic rings. The third kappa shape index (κ3) is 7.02. The van der Waals surface area contributed by atoms with Gasteiger partial charge >= 0.3 is 5.97 Å². The van der Waals surface area contributed by atoms with Crippen molar-refractivity contribution in [3.8, 4) is 0 Å². The van der Waals surface area contributed by atoms with Gasteiger partial charge in [0.25, 0.3) is 0 Å². The molecule has 0 N–H and O–H groups in total. The lowest BCUT2D eigenvalue weighted by Crippen LogP contribution is -2.54. The molecule has 0 aromatic rings. The number of hydrogen-bond donors (Lipinski definition) is 0. The van der Waals surface area contributed by atoms with Crippen molar-refractivity contribution in [2.45, 2.75) is 116 Å². The summed E-state index contributed by atoms with van der Waals surface area (Å²) in [4.78, 5) is 11.8. The number of carbonyl (C=O) groups is 1. The molecule has 0 spiro atoms. The van der Waals surface area contributed by atoms with E-state index in [1.165, 1.54) is 0 Å². The molecule has 0 saturated carbocycles. The predicted molar refractivity (Wildman–Crippen MR) is 124 cm³/mol. The van der Waals surface area contributed by atoms with E-state index >= 15 is 0 Å². The third-order valence-corrected chi connectivity index (χ3v) is 15.6. The van der Waals surface area contributed by atoms with E-state index in [1.807, 2.05) is 0 Å². The van der Waals surface area contributed by atoms with Gasteiger partial charge in [-0.1, -0.05) is 55.0 Å². The summed E-state index contributed by atoms with van der Waals surface area (Å²) in [6.45, 7) is 28.7. The summed E-state index contributed by atoms with van der Waals surface area (Å²) in [6.07, 6.45) is -0.433. The van der Waals surface area contributed by atoms with Crippen molar-refractivity contribution in [3.05, 3.63) is 12.2 Å². The first-order chi connectivity index (χ1) is 12.9. The van der Waals surface area contributed by atoms with E-state index in [0.29, 0.717) is 19.4 Å². The van der Waals surface area contributed by atoms with Crippen LogP contribution in [0, 0.1) is 0 Å². The second-order valence-electron chi connectivity index (χ2n) is 11.2. The standard InChI is InChI=1S/C22H44O5Si2/c1-13-18(23)26-19-14-16(2)20(27-29(11,12)22(6,7)8)17(25-19)15-24-28(9,10)21(3,4)5/h17,19-20H,2,13-15H2,1,3-12H3/t17-,19+,20+/m1/s1. The maximum Gasteiger partial charge on any atom is 0.307 e. The molecule has 1 fully saturated rings. The molecule has 5 nitrogen and oxygen atoms in total. The summed E-state index contributed by atoms with van der Waals surface area (Å²) < 4.78 is 24.8. The first-order valence-electron chi connectivity index (χ1n) is 10.8. The van der Waals surface area contributed by atoms with E-state index in [0.717, 1.165) is 5.57 Å². The van der Waals surface area contributed by atoms with E-state index in [-0.39, 0.29) is 28.3 Å². The molecule has 1 rings (SSSR count). The second-order valence-corrected chi connectivity index (χ2v) is 20.7. The number of rotatable bonds is 7. The number of ether oxygens (including phenoxy) is 2. The normalized spacial score (nSPS) is 24.5. The van der Waals surface area contributed by atoms with E-state index in [4.69, 9.17) is 18.3 Å². The average molecular weight is 445 g/mol. The number of esters is 1. The second kappa shape index (κ2) is 9.34. The van der Waals surface area contributed by atoms with Crippen molar-refractivity contribution >= 4 is 22.6 Å². The Morgan fingerprint density at radius 3 is 2.03 bits per heavy atom. The highest BCUT2D eigenvalue weighted by atomic mass is 28.4. The van der Waals surface area contributed by atoms with Gasteiger partial charge in [-0.2, -0.15) is 0 Å². The maximum absolute atomic E-state index is 11.8. The Balaban J connectivity index is 3.07. The van der Waals surface area contributed by atoms with Crippen LogP contribution >= 0.6 is 0 Å². The Labute approximate surface area is 180 Å². The van der Waals surface area contributed by atoms with Crippen LogP contribution in [0.4, 0.5) is 0 Å². The minimum absolute atomic E-state index is 0.0731. The summed E-state index contributed by atoms with van der Waals surface area (Å²) in [5, 5.41) is 0.173. The Morgan fingerprint density at radius 1 is 1.07 bits per heavy atom. The largest absolute Gasteiger partial charge is 0.435 e. The first kappa shape index (κ1) is 26.6. The van der Waals surface area contributed by atoms with Crippen molar-refractivity contribution in [3.63, 3.8) is 0 Å². The van der Waals surface area contributed by atoms with Crippen molar-refractivity contribution in [2.75, 3.05) is 6.61 Å². The van der Waals surface area contributed by atoms with Crippen molar-refractivity contribution in [2.24, 2.45) is 0 Å². The van der Waals surface area contributed by atoms with Crippen molar-refractivity contribution in [1.29, 1.82) is 0 Å². The molecule has 29 heavy (non-hydrogen) atoms. The molecule has 3 atom stereocenters. The van der Waals surface area contributed by atoms with Crippen LogP contribution in [0.2, 0.25) is 36.3 Å². The topological polar surface area (TPSA) is 54.0 Å². The average Bonchev–Trinajstić information content (AvgIpc) is 2.53. The highest BCUT2D eigenvalue weighted by molar-refractivity contribution is 6.74. The summed E-state index contributed by atoms with van der Waals surface area (Å²) >= 11 is 0. The van der Waals surface area contributed by atoms with Gasteiger partial charge < -0.3 is 18.3 Å².